The van der Waals surface area contributed by atoms with Crippen LogP contribution in [0.5, 0.6) is 0 Å². The van der Waals surface area contributed by atoms with Crippen LogP contribution in [0.4, 0.5) is 19.5 Å². The number of hydrogen-bond acceptors (Lipinski definition) is 7. The SMILES string of the molecule is CC.CCCNC(=O)c1ccc(C)c(-c2nc(NCCN(C)C(=O)OC(C)(C)C)nc3c2ccc(=O)n3-c2c(F)cccc2F)c1. The fourth-order valence-corrected chi connectivity index (χ4v) is 4.44. The molecule has 0 aliphatic carbocycles. The van der Waals surface area contributed by atoms with Crippen molar-refractivity contribution < 1.29 is 23.1 Å². The van der Waals surface area contributed by atoms with Gasteiger partial charge in [-0.1, -0.05) is 32.9 Å². The highest BCUT2D eigenvalue weighted by Gasteiger charge is 2.22. The number of fused-ring (bicyclic) bond motifs is 1. The molecule has 46 heavy (non-hydrogen) atoms. The number of aryl methyl sites for hydroxylation is 1. The fourth-order valence-electron chi connectivity index (χ4n) is 4.44. The number of benzene rings is 2. The Morgan fingerprint density at radius 1 is 1.00 bits per heavy atom. The Morgan fingerprint density at radius 2 is 1.67 bits per heavy atom. The predicted molar refractivity (Wildman–Crippen MR) is 177 cm³/mol. The average Bonchev–Trinajstić information content (AvgIpc) is 3.00. The van der Waals surface area contributed by atoms with Gasteiger partial charge in [0.2, 0.25) is 5.95 Å². The number of likely N-dealkylation sites (N-methyl/N-ethyl adjacent to an activating group) is 1. The van der Waals surface area contributed by atoms with Crippen LogP contribution in [0.1, 0.15) is 63.9 Å². The van der Waals surface area contributed by atoms with Gasteiger partial charge in [-0.2, -0.15) is 4.98 Å². The molecule has 4 rings (SSSR count). The van der Waals surface area contributed by atoms with Gasteiger partial charge < -0.3 is 20.3 Å². The van der Waals surface area contributed by atoms with E-state index in [0.717, 1.165) is 28.7 Å². The van der Waals surface area contributed by atoms with Crippen molar-refractivity contribution in [2.24, 2.45) is 0 Å². The van der Waals surface area contributed by atoms with E-state index in [1.54, 1.807) is 46.0 Å². The van der Waals surface area contributed by atoms with Crippen molar-refractivity contribution in [2.45, 2.75) is 60.5 Å². The molecule has 0 fully saturated rings. The lowest BCUT2D eigenvalue weighted by Crippen LogP contribution is -2.36. The van der Waals surface area contributed by atoms with E-state index in [1.807, 2.05) is 27.7 Å². The third-order valence-corrected chi connectivity index (χ3v) is 6.64. The molecule has 12 heteroatoms. The zero-order valence-electron chi connectivity index (χ0n) is 27.6. The van der Waals surface area contributed by atoms with E-state index in [4.69, 9.17) is 9.72 Å². The first-order valence-electron chi connectivity index (χ1n) is 15.3. The monoisotopic (exact) mass is 636 g/mol. The lowest BCUT2D eigenvalue weighted by atomic mass is 9.99. The topological polar surface area (TPSA) is 118 Å². The van der Waals surface area contributed by atoms with Gasteiger partial charge in [0.25, 0.3) is 11.5 Å². The van der Waals surface area contributed by atoms with Gasteiger partial charge in [-0.05, 0) is 70.0 Å². The third kappa shape index (κ3) is 8.43. The maximum Gasteiger partial charge on any atom is 0.410 e. The Balaban J connectivity index is 0.00000282. The number of rotatable bonds is 9. The Bertz CT molecular complexity index is 1750. The minimum Gasteiger partial charge on any atom is -0.444 e. The molecule has 0 spiro atoms. The Hall–Kier alpha value is -4.87. The molecule has 0 unspecified atom stereocenters. The van der Waals surface area contributed by atoms with Crippen LogP contribution in [0.25, 0.3) is 28.0 Å². The molecular formula is C34H42F2N6O4. The summed E-state index contributed by atoms with van der Waals surface area (Å²) in [6.07, 6.45) is 0.251. The highest BCUT2D eigenvalue weighted by atomic mass is 19.1. The molecule has 2 N–H and O–H groups in total. The second kappa shape index (κ2) is 15.4. The summed E-state index contributed by atoms with van der Waals surface area (Å²) in [5, 5.41) is 6.24. The zero-order chi connectivity index (χ0) is 34.2. The molecule has 0 saturated carbocycles. The molecule has 0 saturated heterocycles. The maximum absolute atomic E-state index is 15.0. The number of carbonyl (C=O) groups is 2. The number of aromatic nitrogens is 3. The van der Waals surface area contributed by atoms with Gasteiger partial charge >= 0.3 is 6.09 Å². The molecule has 0 aliphatic rings. The number of hydrogen-bond donors (Lipinski definition) is 2. The summed E-state index contributed by atoms with van der Waals surface area (Å²) in [7, 11) is 1.58. The van der Waals surface area contributed by atoms with Crippen LogP contribution in [-0.2, 0) is 4.74 Å². The van der Waals surface area contributed by atoms with Gasteiger partial charge in [0, 0.05) is 49.3 Å². The molecule has 2 amide bonds. The van der Waals surface area contributed by atoms with E-state index in [-0.39, 0.29) is 30.6 Å². The fraction of sp³-hybridized carbons (Fsp3) is 0.382. The van der Waals surface area contributed by atoms with Crippen LogP contribution in [0, 0.1) is 18.6 Å². The third-order valence-electron chi connectivity index (χ3n) is 6.64. The first kappa shape index (κ1) is 35.6. The van der Waals surface area contributed by atoms with Crippen molar-refractivity contribution >= 4 is 29.0 Å². The summed E-state index contributed by atoms with van der Waals surface area (Å²) in [6.45, 7) is 14.0. The summed E-state index contributed by atoms with van der Waals surface area (Å²) >= 11 is 0. The number of nitrogens with one attached hydrogen (secondary N) is 2. The standard InChI is InChI=1S/C32H36F2N6O4.C2H6/c1-7-15-35-29(42)20-12-11-19(2)22(18-20)26-21-13-14-25(41)40(27-23(33)9-8-10-24(27)34)28(21)38-30(37-26)36-16-17-39(6)31(43)44-32(3,4)5;1-2/h8-14,18H,7,15-17H2,1-6H3,(H,35,42)(H,36,37,38);1-2H3. The van der Waals surface area contributed by atoms with Gasteiger partial charge in [-0.15, -0.1) is 0 Å². The first-order valence-corrected chi connectivity index (χ1v) is 15.3. The van der Waals surface area contributed by atoms with Crippen LogP contribution in [0.3, 0.4) is 0 Å². The molecule has 0 atom stereocenters. The Morgan fingerprint density at radius 3 is 2.30 bits per heavy atom. The summed E-state index contributed by atoms with van der Waals surface area (Å²) < 4.78 is 36.3. The first-order chi connectivity index (χ1) is 21.8. The van der Waals surface area contributed by atoms with Crippen molar-refractivity contribution in [3.8, 4) is 16.9 Å². The van der Waals surface area contributed by atoms with Crippen molar-refractivity contribution in [3.05, 3.63) is 81.6 Å². The summed E-state index contributed by atoms with van der Waals surface area (Å²) in [5.41, 5.74) is 0.0745. The van der Waals surface area contributed by atoms with E-state index in [9.17, 15) is 14.4 Å². The van der Waals surface area contributed by atoms with Gasteiger partial charge in [0.15, 0.2) is 5.65 Å². The van der Waals surface area contributed by atoms with Gasteiger partial charge in [-0.25, -0.2) is 18.6 Å². The quantitative estimate of drug-likeness (QED) is 0.216. The van der Waals surface area contributed by atoms with Gasteiger partial charge in [0.05, 0.1) is 5.69 Å². The van der Waals surface area contributed by atoms with Gasteiger partial charge in [-0.3, -0.25) is 14.2 Å². The molecule has 0 aliphatic heterocycles. The second-order valence-electron chi connectivity index (χ2n) is 11.3. The van der Waals surface area contributed by atoms with Crippen LogP contribution in [0.15, 0.2) is 53.3 Å². The largest absolute Gasteiger partial charge is 0.444 e. The van der Waals surface area contributed by atoms with Crippen LogP contribution in [0.2, 0.25) is 0 Å². The van der Waals surface area contributed by atoms with Crippen LogP contribution in [-0.4, -0.2) is 63.7 Å². The van der Waals surface area contributed by atoms with E-state index in [1.165, 1.54) is 23.1 Å². The molecular weight excluding hydrogens is 594 g/mol. The van der Waals surface area contributed by atoms with Crippen LogP contribution < -0.4 is 16.2 Å². The number of halogens is 2. The maximum atomic E-state index is 15.0. The number of carbonyl (C=O) groups excluding carboxylic acids is 2. The highest BCUT2D eigenvalue weighted by molar-refractivity contribution is 5.98. The van der Waals surface area contributed by atoms with Crippen molar-refractivity contribution in [1.29, 1.82) is 0 Å². The average molecular weight is 637 g/mol. The van der Waals surface area contributed by atoms with E-state index in [0.29, 0.717) is 28.8 Å². The molecule has 4 aromatic rings. The van der Waals surface area contributed by atoms with Crippen molar-refractivity contribution in [2.75, 3.05) is 32.0 Å². The summed E-state index contributed by atoms with van der Waals surface area (Å²) in [5.74, 6) is -2.11. The van der Waals surface area contributed by atoms with Crippen molar-refractivity contribution in [3.63, 3.8) is 0 Å². The Labute approximate surface area is 267 Å². The minimum atomic E-state index is -0.945. The molecule has 2 aromatic heterocycles. The summed E-state index contributed by atoms with van der Waals surface area (Å²) in [4.78, 5) is 49.0. The lowest BCUT2D eigenvalue weighted by Gasteiger charge is -2.24. The molecule has 246 valence electrons. The predicted octanol–water partition coefficient (Wildman–Crippen LogP) is 6.48. The number of amides is 2. The number of ether oxygens (including phenoxy) is 1. The molecule has 10 nitrogen and oxygen atoms in total. The van der Waals surface area contributed by atoms with Gasteiger partial charge in [0.1, 0.15) is 22.9 Å². The number of nitrogens with zero attached hydrogens (tertiary/aromatic N) is 4. The zero-order valence-corrected chi connectivity index (χ0v) is 27.6. The van der Waals surface area contributed by atoms with Crippen molar-refractivity contribution in [1.82, 2.24) is 24.8 Å². The number of pyridine rings is 1. The minimum absolute atomic E-state index is 0.0430. The number of anilines is 1. The second-order valence-corrected chi connectivity index (χ2v) is 11.3. The lowest BCUT2D eigenvalue weighted by molar-refractivity contribution is 0.0305. The molecule has 0 radical (unpaired) electrons. The highest BCUT2D eigenvalue weighted by Crippen LogP contribution is 2.31. The van der Waals surface area contributed by atoms with E-state index in [2.05, 4.69) is 15.6 Å². The van der Waals surface area contributed by atoms with E-state index >= 15 is 8.78 Å². The summed E-state index contributed by atoms with van der Waals surface area (Å²) in [6, 6.07) is 11.2. The number of para-hydroxylation sites is 1. The Kier molecular flexibility index (Phi) is 11.9. The normalized spacial score (nSPS) is 11.0. The molecule has 2 heterocycles. The molecule has 2 aromatic carbocycles. The van der Waals surface area contributed by atoms with Crippen LogP contribution >= 0.6 is 0 Å². The van der Waals surface area contributed by atoms with E-state index < -0.39 is 34.6 Å². The molecule has 0 bridgehead atoms. The smallest absolute Gasteiger partial charge is 0.410 e.